The fourth-order valence-corrected chi connectivity index (χ4v) is 2.34. The van der Waals surface area contributed by atoms with Crippen molar-refractivity contribution in [3.8, 4) is 5.75 Å². The van der Waals surface area contributed by atoms with Crippen LogP contribution in [-0.4, -0.2) is 31.1 Å². The van der Waals surface area contributed by atoms with Crippen LogP contribution in [0.2, 0.25) is 0 Å². The number of hydrogen-bond acceptors (Lipinski definition) is 3. The van der Waals surface area contributed by atoms with Crippen LogP contribution in [0.15, 0.2) is 18.2 Å². The molecular formula is C15H21ClF2N2O2. The van der Waals surface area contributed by atoms with E-state index in [0.29, 0.717) is 5.92 Å². The van der Waals surface area contributed by atoms with Crippen molar-refractivity contribution in [3.05, 3.63) is 29.8 Å². The number of hydrogen-bond donors (Lipinski definition) is 2. The number of benzene rings is 1. The summed E-state index contributed by atoms with van der Waals surface area (Å²) in [6.07, 6.45) is 0.0992. The lowest BCUT2D eigenvalue weighted by Gasteiger charge is -2.31. The van der Waals surface area contributed by atoms with Gasteiger partial charge in [0, 0.05) is 12.1 Å². The molecule has 1 aromatic carbocycles. The first-order chi connectivity index (χ1) is 9.97. The van der Waals surface area contributed by atoms with Crippen molar-refractivity contribution in [2.24, 2.45) is 5.92 Å². The summed E-state index contributed by atoms with van der Waals surface area (Å²) in [4.78, 5) is 12.1. The van der Waals surface area contributed by atoms with Crippen molar-refractivity contribution < 1.29 is 18.3 Å². The molecule has 4 nitrogen and oxygen atoms in total. The maximum absolute atomic E-state index is 13.1. The average molecular weight is 335 g/mol. The molecule has 0 aromatic heterocycles. The van der Waals surface area contributed by atoms with Crippen LogP contribution in [0, 0.1) is 17.6 Å². The summed E-state index contributed by atoms with van der Waals surface area (Å²) in [6, 6.07) is 3.32. The number of piperidine rings is 1. The SMILES string of the molecule is CC(Oc1ccc(F)c(F)c1)C(=O)NC1CCNCC1C.Cl. The topological polar surface area (TPSA) is 50.4 Å². The van der Waals surface area contributed by atoms with Gasteiger partial charge in [-0.1, -0.05) is 6.92 Å². The Morgan fingerprint density at radius 3 is 2.77 bits per heavy atom. The second kappa shape index (κ2) is 8.29. The zero-order chi connectivity index (χ0) is 15.4. The third kappa shape index (κ3) is 4.81. The first-order valence-electron chi connectivity index (χ1n) is 7.10. The van der Waals surface area contributed by atoms with Crippen LogP contribution in [0.5, 0.6) is 5.75 Å². The Labute approximate surface area is 135 Å². The largest absolute Gasteiger partial charge is 0.481 e. The van der Waals surface area contributed by atoms with Gasteiger partial charge in [-0.05, 0) is 44.5 Å². The number of rotatable bonds is 4. The van der Waals surface area contributed by atoms with Gasteiger partial charge in [-0.25, -0.2) is 8.78 Å². The Morgan fingerprint density at radius 1 is 1.41 bits per heavy atom. The Morgan fingerprint density at radius 2 is 2.14 bits per heavy atom. The summed E-state index contributed by atoms with van der Waals surface area (Å²) < 4.78 is 31.3. The van der Waals surface area contributed by atoms with E-state index in [-0.39, 0.29) is 30.1 Å². The van der Waals surface area contributed by atoms with Crippen LogP contribution < -0.4 is 15.4 Å². The molecule has 1 amide bonds. The van der Waals surface area contributed by atoms with E-state index in [1.165, 1.54) is 6.07 Å². The first-order valence-corrected chi connectivity index (χ1v) is 7.10. The van der Waals surface area contributed by atoms with Gasteiger partial charge in [0.25, 0.3) is 5.91 Å². The molecule has 3 unspecified atom stereocenters. The van der Waals surface area contributed by atoms with Crippen LogP contribution in [0.4, 0.5) is 8.78 Å². The molecule has 2 rings (SSSR count). The van der Waals surface area contributed by atoms with Gasteiger partial charge < -0.3 is 15.4 Å². The monoisotopic (exact) mass is 334 g/mol. The molecule has 0 radical (unpaired) electrons. The Hall–Kier alpha value is -1.40. The van der Waals surface area contributed by atoms with Crippen molar-refractivity contribution in [2.75, 3.05) is 13.1 Å². The van der Waals surface area contributed by atoms with Gasteiger partial charge in [-0.15, -0.1) is 12.4 Å². The molecule has 0 aliphatic carbocycles. The fraction of sp³-hybridized carbons (Fsp3) is 0.533. The third-order valence-corrected chi connectivity index (χ3v) is 3.69. The maximum atomic E-state index is 13.1. The molecule has 0 spiro atoms. The van der Waals surface area contributed by atoms with Crippen molar-refractivity contribution in [2.45, 2.75) is 32.4 Å². The predicted octanol–water partition coefficient (Wildman–Crippen LogP) is 2.27. The highest BCUT2D eigenvalue weighted by molar-refractivity contribution is 5.85. The Balaban J connectivity index is 0.00000242. The summed E-state index contributed by atoms with van der Waals surface area (Å²) in [6.45, 7) is 5.39. The second-order valence-corrected chi connectivity index (χ2v) is 5.42. The zero-order valence-corrected chi connectivity index (χ0v) is 13.4. The lowest BCUT2D eigenvalue weighted by Crippen LogP contribution is -2.51. The smallest absolute Gasteiger partial charge is 0.261 e. The number of carbonyl (C=O) groups excluding carboxylic acids is 1. The van der Waals surface area contributed by atoms with E-state index in [0.717, 1.165) is 31.6 Å². The van der Waals surface area contributed by atoms with E-state index in [2.05, 4.69) is 17.6 Å². The van der Waals surface area contributed by atoms with Gasteiger partial charge in [0.2, 0.25) is 0 Å². The molecule has 1 heterocycles. The van der Waals surface area contributed by atoms with Crippen LogP contribution in [0.3, 0.4) is 0 Å². The maximum Gasteiger partial charge on any atom is 0.261 e. The molecule has 7 heteroatoms. The summed E-state index contributed by atoms with van der Waals surface area (Å²) in [7, 11) is 0. The van der Waals surface area contributed by atoms with Crippen LogP contribution >= 0.6 is 12.4 Å². The van der Waals surface area contributed by atoms with Crippen LogP contribution in [0.25, 0.3) is 0 Å². The van der Waals surface area contributed by atoms with E-state index in [1.807, 2.05) is 0 Å². The first kappa shape index (κ1) is 18.6. The lowest BCUT2D eigenvalue weighted by atomic mass is 9.95. The molecular weight excluding hydrogens is 314 g/mol. The molecule has 1 aliphatic rings. The van der Waals surface area contributed by atoms with E-state index in [4.69, 9.17) is 4.74 Å². The molecule has 1 aromatic rings. The standard InChI is InChI=1S/C15H20F2N2O2.ClH/c1-9-8-18-6-5-14(9)19-15(20)10(2)21-11-3-4-12(16)13(17)7-11;/h3-4,7,9-10,14,18H,5-6,8H2,1-2H3,(H,19,20);1H. The van der Waals surface area contributed by atoms with E-state index in [1.54, 1.807) is 6.92 Å². The Kier molecular flexibility index (Phi) is 7.03. The van der Waals surface area contributed by atoms with Crippen molar-refractivity contribution in [1.82, 2.24) is 10.6 Å². The summed E-state index contributed by atoms with van der Waals surface area (Å²) in [5.74, 6) is -1.71. The normalized spacial score (nSPS) is 22.4. The number of carbonyl (C=O) groups is 1. The molecule has 0 saturated carbocycles. The zero-order valence-electron chi connectivity index (χ0n) is 12.6. The molecule has 3 atom stereocenters. The second-order valence-electron chi connectivity index (χ2n) is 5.42. The number of nitrogens with one attached hydrogen (secondary N) is 2. The minimum atomic E-state index is -0.993. The molecule has 1 saturated heterocycles. The van der Waals surface area contributed by atoms with Gasteiger partial charge in [0.1, 0.15) is 5.75 Å². The van der Waals surface area contributed by atoms with Crippen molar-refractivity contribution >= 4 is 18.3 Å². The van der Waals surface area contributed by atoms with Gasteiger partial charge in [-0.2, -0.15) is 0 Å². The molecule has 2 N–H and O–H groups in total. The highest BCUT2D eigenvalue weighted by atomic mass is 35.5. The lowest BCUT2D eigenvalue weighted by molar-refractivity contribution is -0.128. The van der Waals surface area contributed by atoms with E-state index in [9.17, 15) is 13.6 Å². The predicted molar refractivity (Wildman–Crippen MR) is 82.3 cm³/mol. The van der Waals surface area contributed by atoms with Gasteiger partial charge >= 0.3 is 0 Å². The average Bonchev–Trinajstić information content (AvgIpc) is 2.45. The summed E-state index contributed by atoms with van der Waals surface area (Å²) in [5, 5.41) is 6.20. The fourth-order valence-electron chi connectivity index (χ4n) is 2.34. The van der Waals surface area contributed by atoms with Crippen molar-refractivity contribution in [3.63, 3.8) is 0 Å². The molecule has 1 fully saturated rings. The van der Waals surface area contributed by atoms with Gasteiger partial charge in [0.05, 0.1) is 0 Å². The third-order valence-electron chi connectivity index (χ3n) is 3.69. The minimum absolute atomic E-state index is 0. The van der Waals surface area contributed by atoms with Crippen LogP contribution in [0.1, 0.15) is 20.3 Å². The van der Waals surface area contributed by atoms with Gasteiger partial charge in [-0.3, -0.25) is 4.79 Å². The molecule has 0 bridgehead atoms. The van der Waals surface area contributed by atoms with Crippen molar-refractivity contribution in [1.29, 1.82) is 0 Å². The minimum Gasteiger partial charge on any atom is -0.481 e. The van der Waals surface area contributed by atoms with Crippen LogP contribution in [-0.2, 0) is 4.79 Å². The van der Waals surface area contributed by atoms with Gasteiger partial charge in [0.15, 0.2) is 17.7 Å². The molecule has 1 aliphatic heterocycles. The number of halogens is 3. The Bertz CT molecular complexity index is 516. The number of amides is 1. The summed E-state index contributed by atoms with van der Waals surface area (Å²) >= 11 is 0. The van der Waals surface area contributed by atoms with E-state index < -0.39 is 17.7 Å². The number of ether oxygens (including phenoxy) is 1. The highest BCUT2D eigenvalue weighted by Crippen LogP contribution is 2.17. The molecule has 22 heavy (non-hydrogen) atoms. The quantitative estimate of drug-likeness (QED) is 0.888. The summed E-state index contributed by atoms with van der Waals surface area (Å²) in [5.41, 5.74) is 0. The molecule has 124 valence electrons. The van der Waals surface area contributed by atoms with E-state index >= 15 is 0 Å². The highest BCUT2D eigenvalue weighted by Gasteiger charge is 2.25.